The minimum atomic E-state index is -0.694. The van der Waals surface area contributed by atoms with Crippen molar-refractivity contribution in [3.63, 3.8) is 0 Å². The van der Waals surface area contributed by atoms with Crippen LogP contribution in [0.3, 0.4) is 0 Å². The average molecular weight is 393 g/mol. The quantitative estimate of drug-likeness (QED) is 0.762. The summed E-state index contributed by atoms with van der Waals surface area (Å²) in [5, 5.41) is 18.8. The van der Waals surface area contributed by atoms with E-state index in [1.54, 1.807) is 24.3 Å². The normalized spacial score (nSPS) is 25.6. The van der Waals surface area contributed by atoms with Gasteiger partial charge in [-0.3, -0.25) is 9.59 Å². The standard InChI is InChI=1S/2C10H9ClO2/c2*11-7-3-1-6(2-4-7)8-5-9(8)10(12)13/h2*1-4,8-9H,5H2,(H,12,13)/t2*8-,9-/m10/s1. The number of rotatable bonds is 4. The molecule has 0 saturated heterocycles. The molecule has 4 nitrogen and oxygen atoms in total. The molecule has 0 bridgehead atoms. The Labute approximate surface area is 161 Å². The van der Waals surface area contributed by atoms with Gasteiger partial charge >= 0.3 is 11.9 Å². The molecule has 6 heteroatoms. The number of hydrogen-bond donors (Lipinski definition) is 2. The topological polar surface area (TPSA) is 74.6 Å². The summed E-state index contributed by atoms with van der Waals surface area (Å²) in [5.41, 5.74) is 2.16. The number of carboxylic acid groups (broad SMARTS) is 2. The van der Waals surface area contributed by atoms with E-state index in [-0.39, 0.29) is 23.7 Å². The van der Waals surface area contributed by atoms with Gasteiger partial charge < -0.3 is 10.2 Å². The molecule has 4 rings (SSSR count). The summed E-state index contributed by atoms with van der Waals surface area (Å²) < 4.78 is 0. The van der Waals surface area contributed by atoms with Crippen molar-refractivity contribution in [2.45, 2.75) is 24.7 Å². The predicted molar refractivity (Wildman–Crippen MR) is 99.9 cm³/mol. The van der Waals surface area contributed by atoms with Crippen molar-refractivity contribution >= 4 is 35.1 Å². The van der Waals surface area contributed by atoms with E-state index in [1.165, 1.54) is 0 Å². The Hall–Kier alpha value is -2.04. The van der Waals surface area contributed by atoms with Crippen molar-refractivity contribution in [3.05, 3.63) is 69.7 Å². The lowest BCUT2D eigenvalue weighted by atomic mass is 10.1. The van der Waals surface area contributed by atoms with Crippen LogP contribution in [0.2, 0.25) is 10.0 Å². The Kier molecular flexibility index (Phi) is 5.54. The van der Waals surface area contributed by atoms with Gasteiger partial charge in [0, 0.05) is 10.0 Å². The predicted octanol–water partition coefficient (Wildman–Crippen LogP) is 5.06. The first kappa shape index (κ1) is 18.7. The number of benzene rings is 2. The van der Waals surface area contributed by atoms with Crippen molar-refractivity contribution < 1.29 is 19.8 Å². The molecule has 4 atom stereocenters. The molecule has 2 aromatic rings. The van der Waals surface area contributed by atoms with E-state index in [0.717, 1.165) is 24.0 Å². The second-order valence-corrected chi connectivity index (χ2v) is 7.55. The molecule has 0 amide bonds. The van der Waals surface area contributed by atoms with E-state index < -0.39 is 11.9 Å². The fourth-order valence-electron chi connectivity index (χ4n) is 3.09. The molecule has 136 valence electrons. The van der Waals surface area contributed by atoms with Gasteiger partial charge in [0.2, 0.25) is 0 Å². The van der Waals surface area contributed by atoms with Crippen molar-refractivity contribution in [3.8, 4) is 0 Å². The molecule has 2 aromatic carbocycles. The Balaban J connectivity index is 0.000000151. The highest BCUT2D eigenvalue weighted by Gasteiger charge is 2.44. The molecule has 26 heavy (non-hydrogen) atoms. The van der Waals surface area contributed by atoms with Crippen molar-refractivity contribution in [1.82, 2.24) is 0 Å². The maximum Gasteiger partial charge on any atom is 0.307 e. The molecule has 0 aliphatic heterocycles. The molecule has 0 radical (unpaired) electrons. The zero-order valence-corrected chi connectivity index (χ0v) is 15.3. The smallest absolute Gasteiger partial charge is 0.307 e. The van der Waals surface area contributed by atoms with Gasteiger partial charge in [-0.1, -0.05) is 47.5 Å². The lowest BCUT2D eigenvalue weighted by molar-refractivity contribution is -0.139. The number of carbonyl (C=O) groups is 2. The van der Waals surface area contributed by atoms with Crippen LogP contribution < -0.4 is 0 Å². The first-order chi connectivity index (χ1) is 12.4. The summed E-state index contributed by atoms with van der Waals surface area (Å²) in [6.45, 7) is 0. The van der Waals surface area contributed by atoms with Gasteiger partial charge in [-0.15, -0.1) is 0 Å². The van der Waals surface area contributed by atoms with Gasteiger partial charge in [0.05, 0.1) is 11.8 Å². The second-order valence-electron chi connectivity index (χ2n) is 6.68. The van der Waals surface area contributed by atoms with Crippen LogP contribution in [0.25, 0.3) is 0 Å². The molecule has 2 aliphatic rings. The highest BCUT2D eigenvalue weighted by Crippen LogP contribution is 2.48. The van der Waals surface area contributed by atoms with Gasteiger partial charge in [0.1, 0.15) is 0 Å². The number of carboxylic acids is 2. The maximum absolute atomic E-state index is 10.6. The van der Waals surface area contributed by atoms with Crippen LogP contribution in [-0.2, 0) is 9.59 Å². The van der Waals surface area contributed by atoms with Crippen LogP contribution in [0.5, 0.6) is 0 Å². The third kappa shape index (κ3) is 4.57. The van der Waals surface area contributed by atoms with E-state index in [4.69, 9.17) is 33.4 Å². The van der Waals surface area contributed by atoms with E-state index >= 15 is 0 Å². The van der Waals surface area contributed by atoms with Crippen LogP contribution in [0.15, 0.2) is 48.5 Å². The van der Waals surface area contributed by atoms with Crippen LogP contribution >= 0.6 is 23.2 Å². The number of hydrogen-bond acceptors (Lipinski definition) is 2. The van der Waals surface area contributed by atoms with Gasteiger partial charge in [-0.05, 0) is 60.1 Å². The average Bonchev–Trinajstić information content (AvgIpc) is 3.49. The third-order valence-electron chi connectivity index (χ3n) is 4.81. The Bertz CT molecular complexity index is 732. The van der Waals surface area contributed by atoms with E-state index in [2.05, 4.69) is 0 Å². The lowest BCUT2D eigenvalue weighted by Gasteiger charge is -1.97. The number of halogens is 2. The highest BCUT2D eigenvalue weighted by atomic mass is 35.5. The Morgan fingerprint density at radius 1 is 0.692 bits per heavy atom. The van der Waals surface area contributed by atoms with Gasteiger partial charge in [-0.2, -0.15) is 0 Å². The van der Waals surface area contributed by atoms with Crippen molar-refractivity contribution in [2.75, 3.05) is 0 Å². The fraction of sp³-hybridized carbons (Fsp3) is 0.300. The van der Waals surface area contributed by atoms with E-state index in [9.17, 15) is 9.59 Å². The first-order valence-corrected chi connectivity index (χ1v) is 9.09. The molecule has 0 aromatic heterocycles. The maximum atomic E-state index is 10.6. The van der Waals surface area contributed by atoms with Crippen LogP contribution in [0.4, 0.5) is 0 Å². The van der Waals surface area contributed by atoms with Gasteiger partial charge in [0.15, 0.2) is 0 Å². The largest absolute Gasteiger partial charge is 0.481 e. The molecular weight excluding hydrogens is 375 g/mol. The van der Waals surface area contributed by atoms with E-state index in [0.29, 0.717) is 10.0 Å². The van der Waals surface area contributed by atoms with Crippen molar-refractivity contribution in [2.24, 2.45) is 11.8 Å². The van der Waals surface area contributed by atoms with Gasteiger partial charge in [0.25, 0.3) is 0 Å². The van der Waals surface area contributed by atoms with Crippen LogP contribution in [-0.4, -0.2) is 22.2 Å². The summed E-state index contributed by atoms with van der Waals surface area (Å²) >= 11 is 11.4. The van der Waals surface area contributed by atoms with E-state index in [1.807, 2.05) is 24.3 Å². The second kappa shape index (κ2) is 7.68. The minimum Gasteiger partial charge on any atom is -0.481 e. The SMILES string of the molecule is O=C(O)[C@@H]1C[C@@H]1c1ccc(Cl)cc1.O=C(O)[C@H]1C[C@H]1c1ccc(Cl)cc1. The summed E-state index contributed by atoms with van der Waals surface area (Å²) in [4.78, 5) is 21.2. The van der Waals surface area contributed by atoms with Crippen molar-refractivity contribution in [1.29, 1.82) is 0 Å². The zero-order chi connectivity index (χ0) is 18.8. The molecule has 2 saturated carbocycles. The third-order valence-corrected chi connectivity index (χ3v) is 5.32. The molecule has 2 fully saturated rings. The molecule has 2 aliphatic carbocycles. The molecule has 0 heterocycles. The fourth-order valence-corrected chi connectivity index (χ4v) is 3.34. The molecule has 0 spiro atoms. The lowest BCUT2D eigenvalue weighted by Crippen LogP contribution is -1.98. The number of aliphatic carboxylic acids is 2. The summed E-state index contributed by atoms with van der Waals surface area (Å²) in [7, 11) is 0. The monoisotopic (exact) mass is 392 g/mol. The first-order valence-electron chi connectivity index (χ1n) is 8.33. The Morgan fingerprint density at radius 2 is 1.00 bits per heavy atom. The molecule has 0 unspecified atom stereocenters. The van der Waals surface area contributed by atoms with Crippen LogP contribution in [0, 0.1) is 11.8 Å². The molecular formula is C20H18Cl2O4. The summed E-state index contributed by atoms with van der Waals surface area (Å²) in [5.74, 6) is -1.34. The molecule has 2 N–H and O–H groups in total. The Morgan fingerprint density at radius 3 is 1.23 bits per heavy atom. The minimum absolute atomic E-state index is 0.179. The zero-order valence-electron chi connectivity index (χ0n) is 13.8. The summed E-state index contributed by atoms with van der Waals surface area (Å²) in [6, 6.07) is 14.8. The summed E-state index contributed by atoms with van der Waals surface area (Å²) in [6.07, 6.45) is 1.52. The van der Waals surface area contributed by atoms with Gasteiger partial charge in [-0.25, -0.2) is 0 Å². The highest BCUT2D eigenvalue weighted by molar-refractivity contribution is 6.30. The van der Waals surface area contributed by atoms with Crippen LogP contribution in [0.1, 0.15) is 35.8 Å².